The number of hydrogen-bond donors (Lipinski definition) is 2. The van der Waals surface area contributed by atoms with Crippen LogP contribution in [0, 0.1) is 11.6 Å². The van der Waals surface area contributed by atoms with E-state index < -0.39 is 17.5 Å². The van der Waals surface area contributed by atoms with Crippen LogP contribution in [-0.2, 0) is 11.2 Å². The van der Waals surface area contributed by atoms with Crippen LogP contribution in [-0.4, -0.2) is 11.0 Å². The molecule has 2 N–H and O–H groups in total. The number of phenols is 1. The Morgan fingerprint density at radius 1 is 1.25 bits per heavy atom. The maximum Gasteiger partial charge on any atom is 0.228 e. The lowest BCUT2D eigenvalue weighted by atomic mass is 10.1. The van der Waals surface area contributed by atoms with Crippen molar-refractivity contribution >= 4 is 27.5 Å². The Hall–Kier alpha value is -1.95. The van der Waals surface area contributed by atoms with Gasteiger partial charge in [0, 0.05) is 10.5 Å². The monoisotopic (exact) mass is 341 g/mol. The lowest BCUT2D eigenvalue weighted by Crippen LogP contribution is -2.16. The van der Waals surface area contributed by atoms with Gasteiger partial charge in [-0.3, -0.25) is 4.79 Å². The van der Waals surface area contributed by atoms with Crippen LogP contribution in [0.1, 0.15) is 5.56 Å². The minimum absolute atomic E-state index is 0.0301. The van der Waals surface area contributed by atoms with Gasteiger partial charge < -0.3 is 10.4 Å². The zero-order valence-corrected chi connectivity index (χ0v) is 11.7. The Morgan fingerprint density at radius 3 is 2.65 bits per heavy atom. The van der Waals surface area contributed by atoms with Crippen LogP contribution in [0.5, 0.6) is 5.75 Å². The van der Waals surface area contributed by atoms with Crippen molar-refractivity contribution in [2.75, 3.05) is 5.32 Å². The molecule has 0 radical (unpaired) electrons. The van der Waals surface area contributed by atoms with Gasteiger partial charge >= 0.3 is 0 Å². The Balaban J connectivity index is 2.13. The highest BCUT2D eigenvalue weighted by Crippen LogP contribution is 2.27. The smallest absolute Gasteiger partial charge is 0.228 e. The summed E-state index contributed by atoms with van der Waals surface area (Å²) in [6.07, 6.45) is -0.0301. The third-order valence-electron chi connectivity index (χ3n) is 2.55. The van der Waals surface area contributed by atoms with Crippen molar-refractivity contribution in [3.05, 3.63) is 58.1 Å². The summed E-state index contributed by atoms with van der Waals surface area (Å²) in [6.45, 7) is 0. The predicted molar refractivity (Wildman–Crippen MR) is 74.5 cm³/mol. The van der Waals surface area contributed by atoms with Crippen molar-refractivity contribution in [2.45, 2.75) is 6.42 Å². The first kappa shape index (κ1) is 14.5. The SMILES string of the molecule is O=C(Cc1cccc(O)c1)Nc1c(F)cc(F)cc1Br. The van der Waals surface area contributed by atoms with Crippen molar-refractivity contribution in [1.29, 1.82) is 0 Å². The Labute approximate surface area is 122 Å². The van der Waals surface area contributed by atoms with Crippen molar-refractivity contribution < 1.29 is 18.7 Å². The molecule has 0 unspecified atom stereocenters. The highest BCUT2D eigenvalue weighted by atomic mass is 79.9. The first-order valence-electron chi connectivity index (χ1n) is 5.68. The summed E-state index contributed by atoms with van der Waals surface area (Å²) >= 11 is 2.99. The van der Waals surface area contributed by atoms with Crippen molar-refractivity contribution in [3.63, 3.8) is 0 Å². The zero-order valence-electron chi connectivity index (χ0n) is 10.2. The quantitative estimate of drug-likeness (QED) is 0.895. The molecule has 0 heterocycles. The minimum atomic E-state index is -0.860. The third kappa shape index (κ3) is 3.54. The van der Waals surface area contributed by atoms with E-state index in [4.69, 9.17) is 0 Å². The van der Waals surface area contributed by atoms with E-state index in [0.29, 0.717) is 11.6 Å². The van der Waals surface area contributed by atoms with E-state index in [9.17, 15) is 18.7 Å². The van der Waals surface area contributed by atoms with E-state index >= 15 is 0 Å². The molecule has 0 aliphatic carbocycles. The summed E-state index contributed by atoms with van der Waals surface area (Å²) in [7, 11) is 0. The number of benzene rings is 2. The Kier molecular flexibility index (Phi) is 4.34. The average molecular weight is 342 g/mol. The van der Waals surface area contributed by atoms with E-state index in [1.165, 1.54) is 12.1 Å². The first-order chi connectivity index (χ1) is 9.45. The number of amides is 1. The van der Waals surface area contributed by atoms with Crippen LogP contribution in [0.3, 0.4) is 0 Å². The largest absolute Gasteiger partial charge is 0.508 e. The fourth-order valence-corrected chi connectivity index (χ4v) is 2.20. The summed E-state index contributed by atoms with van der Waals surface area (Å²) in [5, 5.41) is 11.7. The molecule has 0 bridgehead atoms. The van der Waals surface area contributed by atoms with Crippen LogP contribution in [0.4, 0.5) is 14.5 Å². The zero-order chi connectivity index (χ0) is 14.7. The normalized spacial score (nSPS) is 10.3. The second-order valence-corrected chi connectivity index (χ2v) is 4.99. The summed E-state index contributed by atoms with van der Waals surface area (Å²) in [6, 6.07) is 7.94. The molecule has 6 heteroatoms. The number of carbonyl (C=O) groups excluding carboxylic acids is 1. The van der Waals surface area contributed by atoms with Gasteiger partial charge in [-0.2, -0.15) is 0 Å². The number of nitrogens with one attached hydrogen (secondary N) is 1. The topological polar surface area (TPSA) is 49.3 Å². The number of halogens is 3. The standard InChI is InChI=1S/C14H10BrF2NO2/c15-11-6-9(16)7-12(17)14(11)18-13(20)5-8-2-1-3-10(19)4-8/h1-4,6-7,19H,5H2,(H,18,20). The molecule has 0 saturated carbocycles. The number of rotatable bonds is 3. The lowest BCUT2D eigenvalue weighted by molar-refractivity contribution is -0.115. The fraction of sp³-hybridized carbons (Fsp3) is 0.0714. The first-order valence-corrected chi connectivity index (χ1v) is 6.47. The maximum absolute atomic E-state index is 13.5. The predicted octanol–water partition coefficient (Wildman–Crippen LogP) is 3.61. The summed E-state index contributed by atoms with van der Waals surface area (Å²) < 4.78 is 26.6. The van der Waals surface area contributed by atoms with Gasteiger partial charge in [-0.15, -0.1) is 0 Å². The van der Waals surface area contributed by atoms with Gasteiger partial charge in [-0.25, -0.2) is 8.78 Å². The van der Waals surface area contributed by atoms with E-state index in [1.54, 1.807) is 12.1 Å². The van der Waals surface area contributed by atoms with Gasteiger partial charge in [-0.1, -0.05) is 12.1 Å². The highest BCUT2D eigenvalue weighted by molar-refractivity contribution is 9.10. The third-order valence-corrected chi connectivity index (χ3v) is 3.17. The number of carbonyl (C=O) groups is 1. The van der Waals surface area contributed by atoms with Gasteiger partial charge in [0.05, 0.1) is 12.1 Å². The summed E-state index contributed by atoms with van der Waals surface area (Å²) in [5.41, 5.74) is 0.470. The molecule has 0 fully saturated rings. The van der Waals surface area contributed by atoms with Crippen molar-refractivity contribution in [2.24, 2.45) is 0 Å². The van der Waals surface area contributed by atoms with Gasteiger partial charge in [0.25, 0.3) is 0 Å². The van der Waals surface area contributed by atoms with Gasteiger partial charge in [-0.05, 0) is 39.7 Å². The average Bonchev–Trinajstić information content (AvgIpc) is 2.33. The molecule has 2 rings (SSSR count). The molecule has 0 aromatic heterocycles. The number of phenolic OH excluding ortho intramolecular Hbond substituents is 1. The Morgan fingerprint density at radius 2 is 2.00 bits per heavy atom. The van der Waals surface area contributed by atoms with Gasteiger partial charge in [0.1, 0.15) is 11.6 Å². The van der Waals surface area contributed by atoms with Gasteiger partial charge in [0.15, 0.2) is 5.82 Å². The summed E-state index contributed by atoms with van der Waals surface area (Å²) in [4.78, 5) is 11.8. The van der Waals surface area contributed by atoms with Crippen LogP contribution in [0.25, 0.3) is 0 Å². The van der Waals surface area contributed by atoms with Crippen LogP contribution in [0.15, 0.2) is 40.9 Å². The molecule has 0 atom stereocenters. The van der Waals surface area contributed by atoms with Crippen molar-refractivity contribution in [1.82, 2.24) is 0 Å². The molecule has 3 nitrogen and oxygen atoms in total. The van der Waals surface area contributed by atoms with Crippen molar-refractivity contribution in [3.8, 4) is 5.75 Å². The molecule has 0 saturated heterocycles. The molecule has 104 valence electrons. The highest BCUT2D eigenvalue weighted by Gasteiger charge is 2.13. The second kappa shape index (κ2) is 6.00. The molecule has 1 amide bonds. The second-order valence-electron chi connectivity index (χ2n) is 4.14. The summed E-state index contributed by atoms with van der Waals surface area (Å²) in [5.74, 6) is -2.02. The molecular formula is C14H10BrF2NO2. The molecule has 0 aliphatic heterocycles. The number of hydrogen-bond acceptors (Lipinski definition) is 2. The molecule has 2 aromatic rings. The van der Waals surface area contributed by atoms with Crippen LogP contribution in [0.2, 0.25) is 0 Å². The minimum Gasteiger partial charge on any atom is -0.508 e. The fourth-order valence-electron chi connectivity index (χ4n) is 1.70. The van der Waals surface area contributed by atoms with E-state index in [2.05, 4.69) is 21.2 Å². The van der Waals surface area contributed by atoms with Crippen LogP contribution >= 0.6 is 15.9 Å². The van der Waals surface area contributed by atoms with E-state index in [0.717, 1.165) is 6.07 Å². The molecule has 0 aliphatic rings. The maximum atomic E-state index is 13.5. The molecule has 0 spiro atoms. The lowest BCUT2D eigenvalue weighted by Gasteiger charge is -2.09. The molecular weight excluding hydrogens is 332 g/mol. The van der Waals surface area contributed by atoms with Crippen LogP contribution < -0.4 is 5.32 Å². The number of anilines is 1. The number of aromatic hydroxyl groups is 1. The molecule has 20 heavy (non-hydrogen) atoms. The van der Waals surface area contributed by atoms with Gasteiger partial charge in [0.2, 0.25) is 5.91 Å². The van der Waals surface area contributed by atoms with E-state index in [-0.39, 0.29) is 22.3 Å². The Bertz CT molecular complexity index is 638. The molecule has 2 aromatic carbocycles. The van der Waals surface area contributed by atoms with E-state index in [1.807, 2.05) is 0 Å².